The minimum absolute atomic E-state index is 0.143. The number of thioether (sulfide) groups is 1. The van der Waals surface area contributed by atoms with Gasteiger partial charge in [-0.05, 0) is 12.1 Å². The van der Waals surface area contributed by atoms with E-state index < -0.39 is 29.2 Å². The molecule has 2 amide bonds. The second-order valence-corrected chi connectivity index (χ2v) is 9.05. The molecular formula is C20H20N6O6S2. The first-order valence-electron chi connectivity index (χ1n) is 9.98. The normalized spacial score (nSPS) is 19.9. The molecule has 2 aliphatic rings. The highest BCUT2D eigenvalue weighted by Gasteiger charge is 2.55. The average molecular weight is 505 g/mol. The van der Waals surface area contributed by atoms with Crippen molar-refractivity contribution in [2.45, 2.75) is 17.8 Å². The van der Waals surface area contributed by atoms with Crippen LogP contribution in [0.15, 0.2) is 46.4 Å². The summed E-state index contributed by atoms with van der Waals surface area (Å²) in [6.45, 7) is 0.212. The molecule has 0 unspecified atom stereocenters. The average Bonchev–Trinajstić information content (AvgIpc) is 3.26. The molecule has 4 rings (SSSR count). The van der Waals surface area contributed by atoms with Crippen molar-refractivity contribution in [3.05, 3.63) is 52.6 Å². The second-order valence-electron chi connectivity index (χ2n) is 7.05. The third-order valence-corrected chi connectivity index (χ3v) is 6.87. The highest BCUT2D eigenvalue weighted by atomic mass is 32.2. The number of aliphatic carboxylic acids is 1. The van der Waals surface area contributed by atoms with Crippen LogP contribution in [0.4, 0.5) is 5.13 Å². The highest BCUT2D eigenvalue weighted by molar-refractivity contribution is 8.00. The van der Waals surface area contributed by atoms with Crippen molar-refractivity contribution in [3.63, 3.8) is 0 Å². The Bertz CT molecular complexity index is 1170. The molecule has 0 spiro atoms. The number of anilines is 1. The van der Waals surface area contributed by atoms with Gasteiger partial charge in [0.25, 0.3) is 11.8 Å². The Morgan fingerprint density at radius 1 is 1.41 bits per heavy atom. The van der Waals surface area contributed by atoms with Crippen LogP contribution in [0.3, 0.4) is 0 Å². The van der Waals surface area contributed by atoms with Gasteiger partial charge >= 0.3 is 5.97 Å². The molecule has 4 N–H and O–H groups in total. The monoisotopic (exact) mass is 504 g/mol. The van der Waals surface area contributed by atoms with Crippen LogP contribution in [0, 0.1) is 0 Å². The zero-order chi connectivity index (χ0) is 24.2. The highest BCUT2D eigenvalue weighted by Crippen LogP contribution is 2.40. The number of hydrogen-bond acceptors (Lipinski definition) is 11. The number of nitrogens with two attached hydrogens (primary N) is 1. The summed E-state index contributed by atoms with van der Waals surface area (Å²) in [5, 5.41) is 17.2. The van der Waals surface area contributed by atoms with Crippen molar-refractivity contribution in [3.8, 4) is 0 Å². The number of nitrogens with one attached hydrogen (secondary N) is 1. The van der Waals surface area contributed by atoms with Crippen LogP contribution in [0.25, 0.3) is 0 Å². The number of carboxylic acid groups (broad SMARTS) is 1. The number of carboxylic acids is 1. The van der Waals surface area contributed by atoms with Gasteiger partial charge in [0.1, 0.15) is 30.0 Å². The van der Waals surface area contributed by atoms with E-state index in [-0.39, 0.29) is 40.4 Å². The van der Waals surface area contributed by atoms with Crippen LogP contribution in [0.5, 0.6) is 0 Å². The maximum Gasteiger partial charge on any atom is 0.356 e. The van der Waals surface area contributed by atoms with Crippen LogP contribution >= 0.6 is 23.1 Å². The second kappa shape index (κ2) is 10.1. The van der Waals surface area contributed by atoms with Gasteiger partial charge in [0.15, 0.2) is 16.5 Å². The van der Waals surface area contributed by atoms with Crippen molar-refractivity contribution in [1.82, 2.24) is 20.2 Å². The van der Waals surface area contributed by atoms with Crippen LogP contribution in [0.1, 0.15) is 11.4 Å². The number of pyridine rings is 1. The zero-order valence-corrected chi connectivity index (χ0v) is 19.5. The molecule has 2 atom stereocenters. The molecule has 2 aromatic heterocycles. The Hall–Kier alpha value is -3.65. The van der Waals surface area contributed by atoms with Crippen molar-refractivity contribution in [1.29, 1.82) is 0 Å². The van der Waals surface area contributed by atoms with E-state index in [0.717, 1.165) is 21.9 Å². The van der Waals surface area contributed by atoms with Crippen molar-refractivity contribution in [2.75, 3.05) is 25.2 Å². The van der Waals surface area contributed by atoms with E-state index in [0.29, 0.717) is 6.42 Å². The summed E-state index contributed by atoms with van der Waals surface area (Å²) < 4.78 is 5.71. The largest absolute Gasteiger partial charge is 0.494 e. The van der Waals surface area contributed by atoms with E-state index in [1.807, 2.05) is 12.1 Å². The molecule has 0 radical (unpaired) electrons. The molecule has 4 heterocycles. The van der Waals surface area contributed by atoms with Gasteiger partial charge in [-0.15, -0.1) is 23.1 Å². The number of ether oxygens (including phenoxy) is 1. The van der Waals surface area contributed by atoms with Gasteiger partial charge in [0, 0.05) is 23.7 Å². The smallest absolute Gasteiger partial charge is 0.356 e. The van der Waals surface area contributed by atoms with Gasteiger partial charge in [-0.2, -0.15) is 0 Å². The fraction of sp³-hybridized carbons (Fsp3) is 0.300. The number of fused-ring (bicyclic) bond motifs is 1. The molecule has 0 aliphatic carbocycles. The number of hydrogen-bond donors (Lipinski definition) is 3. The summed E-state index contributed by atoms with van der Waals surface area (Å²) in [5.41, 5.74) is 6.27. The van der Waals surface area contributed by atoms with E-state index in [4.69, 9.17) is 15.3 Å². The number of aromatic nitrogens is 2. The van der Waals surface area contributed by atoms with E-state index in [1.54, 1.807) is 12.3 Å². The number of amides is 2. The molecule has 34 heavy (non-hydrogen) atoms. The lowest BCUT2D eigenvalue weighted by molar-refractivity contribution is -0.150. The molecule has 0 bridgehead atoms. The number of carbonyl (C=O) groups excluding carboxylic acids is 2. The van der Waals surface area contributed by atoms with E-state index in [9.17, 15) is 19.5 Å². The van der Waals surface area contributed by atoms with E-state index in [1.165, 1.54) is 24.3 Å². The zero-order valence-electron chi connectivity index (χ0n) is 17.8. The Morgan fingerprint density at radius 3 is 2.88 bits per heavy atom. The summed E-state index contributed by atoms with van der Waals surface area (Å²) in [6, 6.07) is 4.55. The van der Waals surface area contributed by atoms with Crippen molar-refractivity contribution < 1.29 is 29.1 Å². The van der Waals surface area contributed by atoms with Crippen LogP contribution < -0.4 is 11.1 Å². The summed E-state index contributed by atoms with van der Waals surface area (Å²) >= 11 is 2.42. The van der Waals surface area contributed by atoms with Crippen molar-refractivity contribution in [2.24, 2.45) is 5.16 Å². The lowest BCUT2D eigenvalue weighted by Gasteiger charge is -2.48. The Kier molecular flexibility index (Phi) is 6.98. The van der Waals surface area contributed by atoms with Crippen LogP contribution in [-0.4, -0.2) is 74.4 Å². The number of nitrogens with zero attached hydrogens (tertiary/aromatic N) is 4. The topological polar surface area (TPSA) is 169 Å². The van der Waals surface area contributed by atoms with Crippen LogP contribution in [-0.2, 0) is 30.4 Å². The van der Waals surface area contributed by atoms with E-state index >= 15 is 0 Å². The number of carbonyl (C=O) groups is 3. The Balaban J connectivity index is 1.45. The minimum atomic E-state index is -1.28. The predicted molar refractivity (Wildman–Crippen MR) is 124 cm³/mol. The summed E-state index contributed by atoms with van der Waals surface area (Å²) in [4.78, 5) is 51.7. The van der Waals surface area contributed by atoms with Crippen molar-refractivity contribution >= 4 is 51.7 Å². The van der Waals surface area contributed by atoms with Gasteiger partial charge < -0.3 is 25.7 Å². The predicted octanol–water partition coefficient (Wildman–Crippen LogP) is 0.426. The lowest BCUT2D eigenvalue weighted by atomic mass is 10.0. The molecule has 12 nitrogen and oxygen atoms in total. The number of β-lactam (4-membered cyclic amide) rings is 1. The van der Waals surface area contributed by atoms with Gasteiger partial charge in [0.05, 0.1) is 12.4 Å². The molecule has 2 aliphatic heterocycles. The van der Waals surface area contributed by atoms with E-state index in [2.05, 4.69) is 20.4 Å². The van der Waals surface area contributed by atoms with Gasteiger partial charge in [-0.1, -0.05) is 11.2 Å². The van der Waals surface area contributed by atoms with Gasteiger partial charge in [-0.25, -0.2) is 9.78 Å². The third-order valence-electron chi connectivity index (χ3n) is 4.95. The molecule has 178 valence electrons. The minimum Gasteiger partial charge on any atom is -0.494 e. The quantitative estimate of drug-likeness (QED) is 0.247. The number of rotatable bonds is 9. The molecule has 2 aromatic rings. The molecule has 1 fully saturated rings. The molecular weight excluding hydrogens is 484 g/mol. The maximum atomic E-state index is 12.8. The molecule has 0 saturated carbocycles. The Morgan fingerprint density at radius 2 is 2.24 bits per heavy atom. The van der Waals surface area contributed by atoms with Gasteiger partial charge in [0.2, 0.25) is 0 Å². The fourth-order valence-electron chi connectivity index (χ4n) is 3.43. The van der Waals surface area contributed by atoms with Gasteiger partial charge in [-0.3, -0.25) is 19.5 Å². The Labute approximate surface area is 201 Å². The summed E-state index contributed by atoms with van der Waals surface area (Å²) in [6.07, 6.45) is 2.15. The number of thiazole rings is 1. The number of nitrogen functional groups attached to an aromatic ring is 1. The molecule has 0 aromatic carbocycles. The first-order valence-corrected chi connectivity index (χ1v) is 11.9. The first kappa shape index (κ1) is 23.5. The molecule has 1 saturated heterocycles. The maximum absolute atomic E-state index is 12.8. The van der Waals surface area contributed by atoms with Crippen LogP contribution in [0.2, 0.25) is 0 Å². The standard InChI is InChI=1S/C20H20N6O6S2/c1-31-25-13(11-8-34-20(21)23-11)16(27)24-14-17(28)26-15(19(29)30)12(9-33-18(14)26)32-7-5-10-4-2-3-6-22-10/h2-4,6,8,14,18H,5,7,9H2,1H3,(H2,21,23)(H,24,27)(H,29,30)/b25-13-/t14-,18+/m1/s1. The lowest BCUT2D eigenvalue weighted by Crippen LogP contribution is -2.71. The SMILES string of the molecule is CO/N=C(\C(=O)N[C@@H]1C(=O)N2C(C(=O)O)=C(OCCc3ccccn3)CS[C@@H]12)c1csc(N)n1. The third kappa shape index (κ3) is 4.68. The number of oxime groups is 1. The fourth-order valence-corrected chi connectivity index (χ4v) is 5.25. The first-order chi connectivity index (χ1) is 16.4. The summed E-state index contributed by atoms with van der Waals surface area (Å²) in [7, 11) is 1.27. The molecule has 14 heteroatoms. The summed E-state index contributed by atoms with van der Waals surface area (Å²) in [5.74, 6) is -2.11.